The molecule has 6 heteroatoms. The van der Waals surface area contributed by atoms with Crippen LogP contribution < -0.4 is 15.2 Å². The molecule has 4 N–H and O–H groups in total. The third-order valence-electron chi connectivity index (χ3n) is 3.35. The summed E-state index contributed by atoms with van der Waals surface area (Å²) in [5, 5.41) is 0. The molecule has 0 aliphatic heterocycles. The number of nitrogens with two attached hydrogens (primary N) is 1. The predicted octanol–water partition coefficient (Wildman–Crippen LogP) is 0.974. The second-order valence-electron chi connectivity index (χ2n) is 6.24. The van der Waals surface area contributed by atoms with Crippen LogP contribution in [-0.4, -0.2) is 27.0 Å². The van der Waals surface area contributed by atoms with Gasteiger partial charge in [-0.25, -0.2) is 4.72 Å². The molecule has 5 nitrogen and oxygen atoms in total. The molecule has 0 heterocycles. The Kier molecular flexibility index (Phi) is 5.58. The highest BCUT2D eigenvalue weighted by Crippen LogP contribution is 2.28. The lowest BCUT2D eigenvalue weighted by molar-refractivity contribution is 0.244. The van der Waals surface area contributed by atoms with Crippen LogP contribution in [-0.2, 0) is 10.2 Å². The van der Waals surface area contributed by atoms with Gasteiger partial charge in [-0.2, -0.15) is 13.1 Å². The molecule has 0 radical (unpaired) electrons. The van der Waals surface area contributed by atoms with Crippen molar-refractivity contribution in [2.45, 2.75) is 52.0 Å². The van der Waals surface area contributed by atoms with E-state index in [1.807, 2.05) is 20.8 Å². The molecule has 0 amide bonds. The molecule has 0 aromatic heterocycles. The second-order valence-corrected chi connectivity index (χ2v) is 7.74. The van der Waals surface area contributed by atoms with Gasteiger partial charge in [0.05, 0.1) is 0 Å². The van der Waals surface area contributed by atoms with Gasteiger partial charge in [0.15, 0.2) is 0 Å². The average molecular weight is 277 g/mol. The minimum Gasteiger partial charge on any atom is -0.330 e. The van der Waals surface area contributed by atoms with Gasteiger partial charge in [0.2, 0.25) is 0 Å². The first-order valence-corrected chi connectivity index (χ1v) is 8.20. The maximum Gasteiger partial charge on any atom is 0.277 e. The van der Waals surface area contributed by atoms with Crippen LogP contribution in [0.1, 0.15) is 46.5 Å². The van der Waals surface area contributed by atoms with Crippen molar-refractivity contribution in [1.29, 1.82) is 0 Å². The van der Waals surface area contributed by atoms with E-state index in [1.165, 1.54) is 12.8 Å². The maximum atomic E-state index is 11.8. The number of hydrogen-bond donors (Lipinski definition) is 3. The molecule has 0 bridgehead atoms. The second kappa shape index (κ2) is 6.32. The number of rotatable bonds is 5. The van der Waals surface area contributed by atoms with Gasteiger partial charge in [0.1, 0.15) is 0 Å². The van der Waals surface area contributed by atoms with E-state index < -0.39 is 15.7 Å². The molecule has 1 rings (SSSR count). The lowest BCUT2D eigenvalue weighted by Gasteiger charge is -2.31. The predicted molar refractivity (Wildman–Crippen MR) is 74.3 cm³/mol. The Labute approximate surface area is 111 Å². The zero-order chi connectivity index (χ0) is 13.8. The number of hydrogen-bond acceptors (Lipinski definition) is 3. The molecule has 0 aromatic rings. The Hall–Kier alpha value is -0.170. The lowest BCUT2D eigenvalue weighted by atomic mass is 9.79. The number of nitrogens with one attached hydrogen (secondary N) is 2. The summed E-state index contributed by atoms with van der Waals surface area (Å²) < 4.78 is 28.9. The van der Waals surface area contributed by atoms with E-state index >= 15 is 0 Å². The van der Waals surface area contributed by atoms with Gasteiger partial charge in [-0.3, -0.25) is 0 Å². The quantitative estimate of drug-likeness (QED) is 0.700. The molecule has 2 atom stereocenters. The highest BCUT2D eigenvalue weighted by Gasteiger charge is 2.26. The fourth-order valence-corrected chi connectivity index (χ4v) is 3.83. The van der Waals surface area contributed by atoms with E-state index in [-0.39, 0.29) is 0 Å². The summed E-state index contributed by atoms with van der Waals surface area (Å²) in [4.78, 5) is 0. The Morgan fingerprint density at radius 2 is 1.72 bits per heavy atom. The molecule has 1 aliphatic rings. The minimum absolute atomic E-state index is 0.375. The molecule has 1 aliphatic carbocycles. The van der Waals surface area contributed by atoms with E-state index in [9.17, 15) is 8.42 Å². The lowest BCUT2D eigenvalue weighted by Crippen LogP contribution is -2.48. The largest absolute Gasteiger partial charge is 0.330 e. The molecule has 108 valence electrons. The van der Waals surface area contributed by atoms with Crippen LogP contribution in [0.25, 0.3) is 0 Å². The first-order valence-electron chi connectivity index (χ1n) is 6.72. The first-order chi connectivity index (χ1) is 8.23. The molecular formula is C12H27N3O2S. The third-order valence-corrected chi connectivity index (χ3v) is 4.77. The SMILES string of the molecule is CC(C)(C)NS(=O)(=O)NCC1CCCCC1CN. The zero-order valence-electron chi connectivity index (χ0n) is 11.7. The average Bonchev–Trinajstić information content (AvgIpc) is 2.23. The summed E-state index contributed by atoms with van der Waals surface area (Å²) in [6, 6.07) is 0. The Morgan fingerprint density at radius 1 is 1.17 bits per heavy atom. The van der Waals surface area contributed by atoms with Gasteiger partial charge in [0.25, 0.3) is 10.2 Å². The maximum absolute atomic E-state index is 11.8. The van der Waals surface area contributed by atoms with Crippen LogP contribution in [0.15, 0.2) is 0 Å². The molecule has 1 saturated carbocycles. The van der Waals surface area contributed by atoms with Crippen molar-refractivity contribution < 1.29 is 8.42 Å². The van der Waals surface area contributed by atoms with Crippen molar-refractivity contribution >= 4 is 10.2 Å². The van der Waals surface area contributed by atoms with E-state index in [4.69, 9.17) is 5.73 Å². The first kappa shape index (κ1) is 15.9. The van der Waals surface area contributed by atoms with Crippen molar-refractivity contribution in [3.63, 3.8) is 0 Å². The smallest absolute Gasteiger partial charge is 0.277 e. The van der Waals surface area contributed by atoms with E-state index in [0.29, 0.717) is 24.9 Å². The molecule has 0 aromatic carbocycles. The van der Waals surface area contributed by atoms with Crippen LogP contribution in [0.5, 0.6) is 0 Å². The fourth-order valence-electron chi connectivity index (χ4n) is 2.52. The molecule has 2 unspecified atom stereocenters. The zero-order valence-corrected chi connectivity index (χ0v) is 12.5. The Bertz CT molecular complexity index is 349. The van der Waals surface area contributed by atoms with Crippen LogP contribution in [0, 0.1) is 11.8 Å². The normalized spacial score (nSPS) is 26.2. The van der Waals surface area contributed by atoms with Gasteiger partial charge in [-0.05, 0) is 52.0 Å². The monoisotopic (exact) mass is 277 g/mol. The topological polar surface area (TPSA) is 84.2 Å². The molecule has 1 fully saturated rings. The molecule has 0 saturated heterocycles. The van der Waals surface area contributed by atoms with Crippen molar-refractivity contribution in [2.24, 2.45) is 17.6 Å². The van der Waals surface area contributed by atoms with Crippen molar-refractivity contribution in [1.82, 2.24) is 9.44 Å². The molecule has 0 spiro atoms. The van der Waals surface area contributed by atoms with Crippen LogP contribution >= 0.6 is 0 Å². The summed E-state index contributed by atoms with van der Waals surface area (Å²) >= 11 is 0. The van der Waals surface area contributed by atoms with E-state index in [2.05, 4.69) is 9.44 Å². The highest BCUT2D eigenvalue weighted by atomic mass is 32.2. The van der Waals surface area contributed by atoms with Gasteiger partial charge < -0.3 is 5.73 Å². The Balaban J connectivity index is 2.48. The fraction of sp³-hybridized carbons (Fsp3) is 1.00. The third kappa shape index (κ3) is 5.65. The highest BCUT2D eigenvalue weighted by molar-refractivity contribution is 7.87. The van der Waals surface area contributed by atoms with Crippen molar-refractivity contribution in [3.05, 3.63) is 0 Å². The van der Waals surface area contributed by atoms with Crippen LogP contribution in [0.3, 0.4) is 0 Å². The standard InChI is InChI=1S/C12H27N3O2S/c1-12(2,3)15-18(16,17)14-9-11-7-5-4-6-10(11)8-13/h10-11,14-15H,4-9,13H2,1-3H3. The van der Waals surface area contributed by atoms with Crippen LogP contribution in [0.2, 0.25) is 0 Å². The van der Waals surface area contributed by atoms with Crippen molar-refractivity contribution in [3.8, 4) is 0 Å². The van der Waals surface area contributed by atoms with Gasteiger partial charge >= 0.3 is 0 Å². The van der Waals surface area contributed by atoms with E-state index in [1.54, 1.807) is 0 Å². The van der Waals surface area contributed by atoms with Gasteiger partial charge in [-0.1, -0.05) is 12.8 Å². The molecule has 18 heavy (non-hydrogen) atoms. The molecular weight excluding hydrogens is 250 g/mol. The minimum atomic E-state index is -3.41. The van der Waals surface area contributed by atoms with Crippen LogP contribution in [0.4, 0.5) is 0 Å². The summed E-state index contributed by atoms with van der Waals surface area (Å²) in [5.41, 5.74) is 5.29. The van der Waals surface area contributed by atoms with E-state index in [0.717, 1.165) is 12.8 Å². The van der Waals surface area contributed by atoms with Gasteiger partial charge in [-0.15, -0.1) is 0 Å². The summed E-state index contributed by atoms with van der Waals surface area (Å²) in [7, 11) is -3.41. The Morgan fingerprint density at radius 3 is 2.22 bits per heavy atom. The summed E-state index contributed by atoms with van der Waals surface area (Å²) in [6.07, 6.45) is 4.58. The van der Waals surface area contributed by atoms with Gasteiger partial charge in [0, 0.05) is 12.1 Å². The summed E-state index contributed by atoms with van der Waals surface area (Å²) in [5.74, 6) is 0.830. The van der Waals surface area contributed by atoms with Crippen molar-refractivity contribution in [2.75, 3.05) is 13.1 Å². The summed E-state index contributed by atoms with van der Waals surface area (Å²) in [6.45, 7) is 6.63.